The van der Waals surface area contributed by atoms with Crippen molar-refractivity contribution in [2.45, 2.75) is 78.4 Å². The maximum atomic E-state index is 5.34. The average molecular weight is 288 g/mol. The van der Waals surface area contributed by atoms with Crippen molar-refractivity contribution in [3.8, 4) is 0 Å². The van der Waals surface area contributed by atoms with E-state index in [2.05, 4.69) is 0 Å². The molecule has 0 heterocycles. The molecule has 1 aliphatic rings. The third-order valence-corrected chi connectivity index (χ3v) is 3.19. The van der Waals surface area contributed by atoms with Crippen LogP contribution in [0, 0.1) is 11.8 Å². The Morgan fingerprint density at radius 1 is 0.650 bits per heavy atom. The molecular formula is C16H32O4. The second kappa shape index (κ2) is 7.74. The van der Waals surface area contributed by atoms with E-state index >= 15 is 0 Å². The minimum atomic E-state index is -0.227. The van der Waals surface area contributed by atoms with Crippen molar-refractivity contribution in [1.82, 2.24) is 0 Å². The summed E-state index contributed by atoms with van der Waals surface area (Å²) in [6.45, 7) is 13.4. The first kappa shape index (κ1) is 17.9. The fourth-order valence-corrected chi connectivity index (χ4v) is 2.18. The lowest BCUT2D eigenvalue weighted by Crippen LogP contribution is -2.26. The summed E-state index contributed by atoms with van der Waals surface area (Å²) in [5.74, 6) is 1.22. The maximum Gasteiger partial charge on any atom is 0.0952 e. The van der Waals surface area contributed by atoms with Crippen LogP contribution in [0.5, 0.6) is 0 Å². The Bertz CT molecular complexity index is 229. The zero-order valence-corrected chi connectivity index (χ0v) is 14.0. The summed E-state index contributed by atoms with van der Waals surface area (Å²) in [5.41, 5.74) is -0.454. The van der Waals surface area contributed by atoms with Gasteiger partial charge in [0.15, 0.2) is 0 Å². The van der Waals surface area contributed by atoms with Gasteiger partial charge in [-0.2, -0.15) is 0 Å². The lowest BCUT2D eigenvalue weighted by Gasteiger charge is -2.29. The number of hydrogen-bond acceptors (Lipinski definition) is 4. The van der Waals surface area contributed by atoms with Gasteiger partial charge in [0.25, 0.3) is 0 Å². The van der Waals surface area contributed by atoms with Crippen LogP contribution < -0.4 is 0 Å². The van der Waals surface area contributed by atoms with Crippen LogP contribution in [0.3, 0.4) is 0 Å². The van der Waals surface area contributed by atoms with Crippen LogP contribution in [-0.4, -0.2) is 24.4 Å². The van der Waals surface area contributed by atoms with E-state index in [1.165, 1.54) is 25.7 Å². The quantitative estimate of drug-likeness (QED) is 0.540. The van der Waals surface area contributed by atoms with Crippen LogP contribution in [0.15, 0.2) is 0 Å². The highest BCUT2D eigenvalue weighted by atomic mass is 17.2. The van der Waals surface area contributed by atoms with Gasteiger partial charge in [-0.25, -0.2) is 19.6 Å². The summed E-state index contributed by atoms with van der Waals surface area (Å²) in [7, 11) is 0. The fourth-order valence-electron chi connectivity index (χ4n) is 2.18. The summed E-state index contributed by atoms with van der Waals surface area (Å²) in [6.07, 6.45) is 4.71. The van der Waals surface area contributed by atoms with Gasteiger partial charge in [0.1, 0.15) is 0 Å². The van der Waals surface area contributed by atoms with Crippen LogP contribution in [0.25, 0.3) is 0 Å². The van der Waals surface area contributed by atoms with Crippen LogP contribution in [0.4, 0.5) is 0 Å². The van der Waals surface area contributed by atoms with Crippen LogP contribution in [0.1, 0.15) is 67.2 Å². The zero-order chi connectivity index (χ0) is 15.2. The first-order valence-electron chi connectivity index (χ1n) is 7.77. The van der Waals surface area contributed by atoms with Crippen LogP contribution in [-0.2, 0) is 19.6 Å². The Morgan fingerprint density at radius 2 is 0.950 bits per heavy atom. The molecular weight excluding hydrogens is 256 g/mol. The Balaban J connectivity index is 2.08. The molecule has 0 atom stereocenters. The minimum Gasteiger partial charge on any atom is -0.236 e. The van der Waals surface area contributed by atoms with Crippen LogP contribution >= 0.6 is 0 Å². The molecule has 0 N–H and O–H groups in total. The highest BCUT2D eigenvalue weighted by Gasteiger charge is 2.23. The predicted octanol–water partition coefficient (Wildman–Crippen LogP) is 4.29. The van der Waals surface area contributed by atoms with Crippen molar-refractivity contribution in [2.24, 2.45) is 11.8 Å². The highest BCUT2D eigenvalue weighted by Crippen LogP contribution is 2.29. The largest absolute Gasteiger partial charge is 0.236 e. The summed E-state index contributed by atoms with van der Waals surface area (Å²) >= 11 is 0. The monoisotopic (exact) mass is 288 g/mol. The summed E-state index contributed by atoms with van der Waals surface area (Å²) in [4.78, 5) is 21.3. The molecule has 4 heteroatoms. The van der Waals surface area contributed by atoms with E-state index in [1.807, 2.05) is 41.5 Å². The normalized spacial score (nSPS) is 24.9. The van der Waals surface area contributed by atoms with Crippen molar-refractivity contribution < 1.29 is 19.6 Å². The molecule has 1 fully saturated rings. The molecule has 0 aromatic carbocycles. The van der Waals surface area contributed by atoms with Gasteiger partial charge in [0.05, 0.1) is 24.4 Å². The van der Waals surface area contributed by atoms with Gasteiger partial charge in [-0.15, -0.1) is 0 Å². The SMILES string of the molecule is CC(C)(C)OOCC1CCC(COOC(C)(C)C)CC1. The predicted molar refractivity (Wildman–Crippen MR) is 79.0 cm³/mol. The van der Waals surface area contributed by atoms with Crippen molar-refractivity contribution in [3.63, 3.8) is 0 Å². The minimum absolute atomic E-state index is 0.227. The molecule has 0 radical (unpaired) electrons. The molecule has 0 amide bonds. The molecule has 0 spiro atoms. The smallest absolute Gasteiger partial charge is 0.0952 e. The van der Waals surface area contributed by atoms with Crippen molar-refractivity contribution in [2.75, 3.05) is 13.2 Å². The van der Waals surface area contributed by atoms with E-state index < -0.39 is 0 Å². The lowest BCUT2D eigenvalue weighted by molar-refractivity contribution is -0.358. The average Bonchev–Trinajstić information content (AvgIpc) is 2.28. The topological polar surface area (TPSA) is 36.9 Å². The molecule has 1 saturated carbocycles. The third kappa shape index (κ3) is 8.90. The third-order valence-electron chi connectivity index (χ3n) is 3.19. The fraction of sp³-hybridized carbons (Fsp3) is 1.00. The van der Waals surface area contributed by atoms with Gasteiger partial charge in [-0.05, 0) is 79.1 Å². The molecule has 0 aliphatic heterocycles. The van der Waals surface area contributed by atoms with E-state index in [-0.39, 0.29) is 11.2 Å². The Kier molecular flexibility index (Phi) is 6.92. The van der Waals surface area contributed by atoms with Crippen molar-refractivity contribution >= 4 is 0 Å². The molecule has 0 unspecified atom stereocenters. The van der Waals surface area contributed by atoms with E-state index in [9.17, 15) is 0 Å². The summed E-state index contributed by atoms with van der Waals surface area (Å²) < 4.78 is 0. The van der Waals surface area contributed by atoms with Gasteiger partial charge in [0, 0.05) is 0 Å². The second-order valence-corrected chi connectivity index (χ2v) is 7.85. The van der Waals surface area contributed by atoms with E-state index in [1.54, 1.807) is 0 Å². The van der Waals surface area contributed by atoms with Crippen LogP contribution in [0.2, 0.25) is 0 Å². The second-order valence-electron chi connectivity index (χ2n) is 7.85. The number of rotatable bonds is 6. The van der Waals surface area contributed by atoms with Gasteiger partial charge in [0.2, 0.25) is 0 Å². The van der Waals surface area contributed by atoms with E-state index in [0.29, 0.717) is 25.0 Å². The molecule has 0 aromatic heterocycles. The summed E-state index contributed by atoms with van der Waals surface area (Å²) in [6, 6.07) is 0. The zero-order valence-electron chi connectivity index (χ0n) is 14.0. The first-order chi connectivity index (χ1) is 9.16. The standard InChI is InChI=1S/C16H32O4/c1-15(2,3)19-17-11-13-7-9-14(10-8-13)12-18-20-16(4,5)6/h13-14H,7-12H2,1-6H3. The van der Waals surface area contributed by atoms with E-state index in [4.69, 9.17) is 19.6 Å². The first-order valence-corrected chi connectivity index (χ1v) is 7.77. The van der Waals surface area contributed by atoms with Gasteiger partial charge >= 0.3 is 0 Å². The summed E-state index contributed by atoms with van der Waals surface area (Å²) in [5, 5.41) is 0. The Morgan fingerprint density at radius 3 is 1.20 bits per heavy atom. The number of hydrogen-bond donors (Lipinski definition) is 0. The highest BCUT2D eigenvalue weighted by molar-refractivity contribution is 4.71. The Hall–Kier alpha value is -0.160. The van der Waals surface area contributed by atoms with Gasteiger partial charge in [-0.1, -0.05) is 0 Å². The maximum absolute atomic E-state index is 5.34. The van der Waals surface area contributed by atoms with Gasteiger partial charge in [-0.3, -0.25) is 0 Å². The molecule has 20 heavy (non-hydrogen) atoms. The molecule has 1 rings (SSSR count). The molecule has 1 aliphatic carbocycles. The lowest BCUT2D eigenvalue weighted by atomic mass is 9.83. The van der Waals surface area contributed by atoms with Crippen molar-refractivity contribution in [1.29, 1.82) is 0 Å². The Labute approximate surface area is 124 Å². The van der Waals surface area contributed by atoms with E-state index in [0.717, 1.165) is 0 Å². The molecule has 120 valence electrons. The molecule has 0 aromatic rings. The molecule has 4 nitrogen and oxygen atoms in total. The van der Waals surface area contributed by atoms with Gasteiger partial charge < -0.3 is 0 Å². The molecule has 0 bridgehead atoms. The molecule has 0 saturated heterocycles. The van der Waals surface area contributed by atoms with Crippen molar-refractivity contribution in [3.05, 3.63) is 0 Å².